The van der Waals surface area contributed by atoms with E-state index in [0.29, 0.717) is 5.56 Å². The fourth-order valence-electron chi connectivity index (χ4n) is 2.47. The van der Waals surface area contributed by atoms with Crippen molar-refractivity contribution in [2.75, 3.05) is 7.11 Å². The molecule has 0 aliphatic rings. The minimum absolute atomic E-state index is 0.0474. The lowest BCUT2D eigenvalue weighted by Gasteiger charge is -2.18. The maximum absolute atomic E-state index is 12.3. The fraction of sp³-hybridized carbons (Fsp3) is 0.333. The topological polar surface area (TPSA) is 43.4 Å². The van der Waals surface area contributed by atoms with Crippen molar-refractivity contribution >= 4 is 11.6 Å². The van der Waals surface area contributed by atoms with Gasteiger partial charge in [0.25, 0.3) is 0 Å². The molecule has 126 valence electrons. The van der Waals surface area contributed by atoms with E-state index in [2.05, 4.69) is 20.8 Å². The van der Waals surface area contributed by atoms with Gasteiger partial charge in [0.1, 0.15) is 11.5 Å². The van der Waals surface area contributed by atoms with Crippen molar-refractivity contribution in [2.45, 2.75) is 39.0 Å². The monoisotopic (exact) mass is 324 g/mol. The van der Waals surface area contributed by atoms with Gasteiger partial charge in [-0.1, -0.05) is 57.2 Å². The first kappa shape index (κ1) is 17.9. The van der Waals surface area contributed by atoms with Crippen LogP contribution in [0.2, 0.25) is 0 Å². The molecule has 0 unspecified atom stereocenters. The Balaban J connectivity index is 1.96. The first-order valence-electron chi connectivity index (χ1n) is 8.08. The van der Waals surface area contributed by atoms with Crippen molar-refractivity contribution in [1.82, 2.24) is 0 Å². The van der Waals surface area contributed by atoms with Gasteiger partial charge in [-0.2, -0.15) is 0 Å². The van der Waals surface area contributed by atoms with E-state index in [9.17, 15) is 9.59 Å². The van der Waals surface area contributed by atoms with Crippen molar-refractivity contribution in [2.24, 2.45) is 0 Å². The number of hydrogen-bond donors (Lipinski definition) is 0. The molecule has 0 radical (unpaired) electrons. The molecule has 0 atom stereocenters. The number of carbonyl (C=O) groups excluding carboxylic acids is 2. The van der Waals surface area contributed by atoms with Crippen LogP contribution in [0.25, 0.3) is 0 Å². The highest BCUT2D eigenvalue weighted by Gasteiger charge is 2.16. The summed E-state index contributed by atoms with van der Waals surface area (Å²) < 4.78 is 5.09. The van der Waals surface area contributed by atoms with E-state index in [1.54, 1.807) is 7.11 Å². The Morgan fingerprint density at radius 3 is 2.00 bits per heavy atom. The van der Waals surface area contributed by atoms with Crippen LogP contribution in [0.15, 0.2) is 48.5 Å². The van der Waals surface area contributed by atoms with Crippen LogP contribution < -0.4 is 4.74 Å². The predicted octanol–water partition coefficient (Wildman–Crippen LogP) is 4.38. The number of hydrogen-bond acceptors (Lipinski definition) is 3. The van der Waals surface area contributed by atoms with Gasteiger partial charge in [-0.05, 0) is 28.7 Å². The molecule has 0 saturated carbocycles. The van der Waals surface area contributed by atoms with Gasteiger partial charge in [-0.3, -0.25) is 9.59 Å². The Hall–Kier alpha value is -2.42. The average Bonchev–Trinajstić information content (AvgIpc) is 2.54. The number of ketones is 2. The Bertz CT molecular complexity index is 704. The zero-order valence-electron chi connectivity index (χ0n) is 14.8. The number of benzene rings is 2. The molecule has 3 nitrogen and oxygen atoms in total. The van der Waals surface area contributed by atoms with Gasteiger partial charge in [0.05, 0.1) is 13.5 Å². The van der Waals surface area contributed by atoms with Gasteiger partial charge in [0.15, 0.2) is 5.78 Å². The molecular formula is C21H24O3. The molecule has 0 bridgehead atoms. The number of carbonyl (C=O) groups is 2. The van der Waals surface area contributed by atoms with Crippen molar-refractivity contribution in [3.63, 3.8) is 0 Å². The summed E-state index contributed by atoms with van der Waals surface area (Å²) >= 11 is 0. The molecule has 0 spiro atoms. The van der Waals surface area contributed by atoms with Gasteiger partial charge < -0.3 is 4.74 Å². The molecule has 0 fully saturated rings. The fourth-order valence-corrected chi connectivity index (χ4v) is 2.47. The number of rotatable bonds is 6. The average molecular weight is 324 g/mol. The Morgan fingerprint density at radius 2 is 1.50 bits per heavy atom. The van der Waals surface area contributed by atoms with Crippen LogP contribution in [-0.4, -0.2) is 18.7 Å². The lowest BCUT2D eigenvalue weighted by molar-refractivity contribution is -0.117. The van der Waals surface area contributed by atoms with Crippen LogP contribution in [0.5, 0.6) is 5.75 Å². The second-order valence-corrected chi connectivity index (χ2v) is 6.99. The van der Waals surface area contributed by atoms with E-state index in [-0.39, 0.29) is 29.8 Å². The van der Waals surface area contributed by atoms with Gasteiger partial charge >= 0.3 is 0 Å². The first-order chi connectivity index (χ1) is 11.3. The standard InChI is InChI=1S/C21H24O3/c1-21(2,3)17-9-7-16(8-10-17)20(23)14-18(22)13-15-5-11-19(24-4)12-6-15/h5-12H,13-14H2,1-4H3. The minimum Gasteiger partial charge on any atom is -0.497 e. The summed E-state index contributed by atoms with van der Waals surface area (Å²) in [5.74, 6) is 0.542. The van der Waals surface area contributed by atoms with Crippen molar-refractivity contribution in [3.8, 4) is 5.75 Å². The van der Waals surface area contributed by atoms with Gasteiger partial charge in [0.2, 0.25) is 0 Å². The highest BCUT2D eigenvalue weighted by atomic mass is 16.5. The molecule has 2 rings (SSSR count). The van der Waals surface area contributed by atoms with E-state index in [0.717, 1.165) is 11.3 Å². The Kier molecular flexibility index (Phi) is 5.55. The van der Waals surface area contributed by atoms with E-state index >= 15 is 0 Å². The molecule has 0 aliphatic heterocycles. The molecule has 0 aromatic heterocycles. The smallest absolute Gasteiger partial charge is 0.170 e. The first-order valence-corrected chi connectivity index (χ1v) is 8.08. The second-order valence-electron chi connectivity index (χ2n) is 6.99. The summed E-state index contributed by atoms with van der Waals surface area (Å²) in [6, 6.07) is 14.9. The van der Waals surface area contributed by atoms with Crippen LogP contribution in [-0.2, 0) is 16.6 Å². The summed E-state index contributed by atoms with van der Waals surface area (Å²) in [7, 11) is 1.60. The third-order valence-corrected chi connectivity index (χ3v) is 3.99. The quantitative estimate of drug-likeness (QED) is 0.585. The van der Waals surface area contributed by atoms with E-state index in [1.807, 2.05) is 48.5 Å². The molecule has 2 aromatic carbocycles. The second kappa shape index (κ2) is 7.43. The number of methoxy groups -OCH3 is 1. The van der Waals surface area contributed by atoms with Crippen molar-refractivity contribution < 1.29 is 14.3 Å². The lowest BCUT2D eigenvalue weighted by Crippen LogP contribution is -2.13. The zero-order chi connectivity index (χ0) is 17.7. The van der Waals surface area contributed by atoms with E-state index in [1.165, 1.54) is 5.56 Å². The molecule has 0 aliphatic carbocycles. The van der Waals surface area contributed by atoms with Crippen LogP contribution in [0.4, 0.5) is 0 Å². The van der Waals surface area contributed by atoms with Crippen LogP contribution in [0.3, 0.4) is 0 Å². The summed E-state index contributed by atoms with van der Waals surface area (Å²) in [6.07, 6.45) is 0.191. The SMILES string of the molecule is COc1ccc(CC(=O)CC(=O)c2ccc(C(C)(C)C)cc2)cc1. The van der Waals surface area contributed by atoms with E-state index in [4.69, 9.17) is 4.74 Å². The Labute approximate surface area is 143 Å². The van der Waals surface area contributed by atoms with E-state index < -0.39 is 0 Å². The molecular weight excluding hydrogens is 300 g/mol. The molecule has 24 heavy (non-hydrogen) atoms. The predicted molar refractivity (Wildman–Crippen MR) is 95.8 cm³/mol. The normalized spacial score (nSPS) is 11.2. The van der Waals surface area contributed by atoms with Gasteiger partial charge in [-0.25, -0.2) is 0 Å². The summed E-state index contributed by atoms with van der Waals surface area (Å²) in [4.78, 5) is 24.4. The molecule has 2 aromatic rings. The van der Waals surface area contributed by atoms with Crippen molar-refractivity contribution in [3.05, 3.63) is 65.2 Å². The molecule has 3 heteroatoms. The largest absolute Gasteiger partial charge is 0.497 e. The third-order valence-electron chi connectivity index (χ3n) is 3.99. The summed E-state index contributed by atoms with van der Waals surface area (Å²) in [5.41, 5.74) is 2.69. The molecule has 0 saturated heterocycles. The zero-order valence-corrected chi connectivity index (χ0v) is 14.8. The van der Waals surface area contributed by atoms with Crippen molar-refractivity contribution in [1.29, 1.82) is 0 Å². The maximum atomic E-state index is 12.3. The number of Topliss-reactive ketones (excluding diaryl/α,β-unsaturated/α-hetero) is 2. The maximum Gasteiger partial charge on any atom is 0.170 e. The van der Waals surface area contributed by atoms with Crippen LogP contribution in [0, 0.1) is 0 Å². The summed E-state index contributed by atoms with van der Waals surface area (Å²) in [5, 5.41) is 0. The highest BCUT2D eigenvalue weighted by Crippen LogP contribution is 2.22. The number of ether oxygens (including phenoxy) is 1. The summed E-state index contributed by atoms with van der Waals surface area (Å²) in [6.45, 7) is 6.38. The third kappa shape index (κ3) is 4.79. The lowest BCUT2D eigenvalue weighted by atomic mass is 9.86. The molecule has 0 heterocycles. The van der Waals surface area contributed by atoms with Crippen LogP contribution >= 0.6 is 0 Å². The molecule has 0 amide bonds. The Morgan fingerprint density at radius 1 is 0.917 bits per heavy atom. The molecule has 0 N–H and O–H groups in total. The van der Waals surface area contributed by atoms with Gasteiger partial charge in [-0.15, -0.1) is 0 Å². The van der Waals surface area contributed by atoms with Gasteiger partial charge in [0, 0.05) is 12.0 Å². The van der Waals surface area contributed by atoms with Crippen LogP contribution in [0.1, 0.15) is 48.7 Å². The highest BCUT2D eigenvalue weighted by molar-refractivity contribution is 6.08. The minimum atomic E-state index is -0.131.